The zero-order valence-corrected chi connectivity index (χ0v) is 19.0. The molecule has 0 aliphatic carbocycles. The number of hydrogen-bond donors (Lipinski definition) is 0. The molecule has 0 saturated carbocycles. The highest BCUT2D eigenvalue weighted by Crippen LogP contribution is 2.29. The van der Waals surface area contributed by atoms with Crippen molar-refractivity contribution in [2.24, 2.45) is 5.92 Å². The molecule has 0 aromatic heterocycles. The maximum Gasteiger partial charge on any atom is 0.338 e. The lowest BCUT2D eigenvalue weighted by molar-refractivity contribution is -0.137. The molecule has 2 unspecified atom stereocenters. The maximum absolute atomic E-state index is 13.1. The van der Waals surface area contributed by atoms with Gasteiger partial charge in [-0.05, 0) is 63.1 Å². The number of rotatable bonds is 5. The molecule has 166 valence electrons. The van der Waals surface area contributed by atoms with Gasteiger partial charge in [-0.2, -0.15) is 4.31 Å². The summed E-state index contributed by atoms with van der Waals surface area (Å²) in [6.07, 6.45) is 4.74. The first-order valence-electron chi connectivity index (χ1n) is 10.5. The number of piperidine rings is 2. The van der Waals surface area contributed by atoms with Gasteiger partial charge in [0.15, 0.2) is 6.61 Å². The second-order valence-electron chi connectivity index (χ2n) is 8.26. The van der Waals surface area contributed by atoms with E-state index in [1.54, 1.807) is 4.90 Å². The smallest absolute Gasteiger partial charge is 0.338 e. The van der Waals surface area contributed by atoms with Gasteiger partial charge in [-0.15, -0.1) is 0 Å². The molecule has 30 heavy (non-hydrogen) atoms. The van der Waals surface area contributed by atoms with E-state index in [-0.39, 0.29) is 40.0 Å². The van der Waals surface area contributed by atoms with Gasteiger partial charge < -0.3 is 9.64 Å². The van der Waals surface area contributed by atoms with Crippen LogP contribution in [0.3, 0.4) is 0 Å². The number of esters is 1. The molecule has 1 aromatic carbocycles. The van der Waals surface area contributed by atoms with Crippen LogP contribution in [0.15, 0.2) is 23.1 Å². The van der Waals surface area contributed by atoms with Crippen LogP contribution in [0.25, 0.3) is 0 Å². The SMILES string of the molecule is CC1CCCN(S(=O)(=O)c2cc(C(=O)OCC(=O)N3CCCCC3C)ccc2Cl)C1. The van der Waals surface area contributed by atoms with E-state index >= 15 is 0 Å². The molecule has 0 N–H and O–H groups in total. The van der Waals surface area contributed by atoms with Crippen LogP contribution < -0.4 is 0 Å². The fourth-order valence-electron chi connectivity index (χ4n) is 4.09. The van der Waals surface area contributed by atoms with Gasteiger partial charge >= 0.3 is 5.97 Å². The van der Waals surface area contributed by atoms with Gasteiger partial charge in [0.1, 0.15) is 4.90 Å². The van der Waals surface area contributed by atoms with E-state index in [1.165, 1.54) is 22.5 Å². The zero-order valence-electron chi connectivity index (χ0n) is 17.5. The molecule has 2 atom stereocenters. The Morgan fingerprint density at radius 1 is 1.13 bits per heavy atom. The molecule has 9 heteroatoms. The summed E-state index contributed by atoms with van der Waals surface area (Å²) in [6.45, 7) is 5.15. The Bertz CT molecular complexity index is 905. The number of carbonyl (C=O) groups is 2. The Hall–Kier alpha value is -1.64. The second kappa shape index (κ2) is 9.66. The third-order valence-electron chi connectivity index (χ3n) is 5.85. The number of ether oxygens (including phenoxy) is 1. The van der Waals surface area contributed by atoms with Crippen LogP contribution in [0.2, 0.25) is 5.02 Å². The Morgan fingerprint density at radius 3 is 2.60 bits per heavy atom. The van der Waals surface area contributed by atoms with E-state index in [2.05, 4.69) is 0 Å². The first-order chi connectivity index (χ1) is 14.2. The lowest BCUT2D eigenvalue weighted by Crippen LogP contribution is -2.44. The Labute approximate surface area is 183 Å². The van der Waals surface area contributed by atoms with Gasteiger partial charge in [-0.25, -0.2) is 13.2 Å². The van der Waals surface area contributed by atoms with E-state index in [0.717, 1.165) is 32.1 Å². The van der Waals surface area contributed by atoms with Gasteiger partial charge in [0.25, 0.3) is 5.91 Å². The monoisotopic (exact) mass is 456 g/mol. The van der Waals surface area contributed by atoms with Crippen LogP contribution in [-0.2, 0) is 19.6 Å². The van der Waals surface area contributed by atoms with Crippen molar-refractivity contribution in [1.82, 2.24) is 9.21 Å². The first-order valence-corrected chi connectivity index (χ1v) is 12.3. The molecule has 0 bridgehead atoms. The number of carbonyl (C=O) groups excluding carboxylic acids is 2. The number of nitrogens with zero attached hydrogens (tertiary/aromatic N) is 2. The number of likely N-dealkylation sites (tertiary alicyclic amines) is 1. The minimum absolute atomic E-state index is 0.0579. The van der Waals surface area contributed by atoms with Crippen molar-refractivity contribution in [3.05, 3.63) is 28.8 Å². The lowest BCUT2D eigenvalue weighted by atomic mass is 10.0. The standard InChI is InChI=1S/C21H29ClN2O5S/c1-15-6-5-10-23(13-15)30(27,28)19-12-17(8-9-18(19)22)21(26)29-14-20(25)24-11-4-3-7-16(24)2/h8-9,12,15-16H,3-7,10-11,13-14H2,1-2H3. The van der Waals surface area contributed by atoms with E-state index in [4.69, 9.17) is 16.3 Å². The third kappa shape index (κ3) is 5.15. The van der Waals surface area contributed by atoms with Crippen molar-refractivity contribution in [1.29, 1.82) is 0 Å². The van der Waals surface area contributed by atoms with Crippen molar-refractivity contribution in [3.63, 3.8) is 0 Å². The molecule has 2 heterocycles. The quantitative estimate of drug-likeness (QED) is 0.634. The van der Waals surface area contributed by atoms with Crippen molar-refractivity contribution in [2.45, 2.75) is 56.9 Å². The summed E-state index contributed by atoms with van der Waals surface area (Å²) in [4.78, 5) is 26.5. The Kier molecular flexibility index (Phi) is 7.42. The summed E-state index contributed by atoms with van der Waals surface area (Å²) in [6, 6.07) is 4.17. The van der Waals surface area contributed by atoms with E-state index in [1.807, 2.05) is 13.8 Å². The van der Waals surface area contributed by atoms with Crippen molar-refractivity contribution >= 4 is 33.5 Å². The highest BCUT2D eigenvalue weighted by Gasteiger charge is 2.31. The van der Waals surface area contributed by atoms with Crippen molar-refractivity contribution in [2.75, 3.05) is 26.2 Å². The van der Waals surface area contributed by atoms with Crippen molar-refractivity contribution in [3.8, 4) is 0 Å². The maximum atomic E-state index is 13.1. The van der Waals surface area contributed by atoms with Crippen LogP contribution in [-0.4, -0.2) is 61.8 Å². The predicted octanol–water partition coefficient (Wildman–Crippen LogP) is 3.32. The number of hydrogen-bond acceptors (Lipinski definition) is 5. The highest BCUT2D eigenvalue weighted by molar-refractivity contribution is 7.89. The zero-order chi connectivity index (χ0) is 21.9. The van der Waals surface area contributed by atoms with E-state index in [9.17, 15) is 18.0 Å². The molecule has 1 amide bonds. The van der Waals surface area contributed by atoms with Gasteiger partial charge in [0.05, 0.1) is 10.6 Å². The molecular weight excluding hydrogens is 428 g/mol. The fourth-order valence-corrected chi connectivity index (χ4v) is 6.19. The normalized spacial score (nSPS) is 23.2. The largest absolute Gasteiger partial charge is 0.452 e. The number of sulfonamides is 1. The average molecular weight is 457 g/mol. The van der Waals surface area contributed by atoms with Crippen LogP contribution in [0.5, 0.6) is 0 Å². The van der Waals surface area contributed by atoms with Gasteiger partial charge in [0.2, 0.25) is 10.0 Å². The number of halogens is 1. The predicted molar refractivity (Wildman–Crippen MR) is 114 cm³/mol. The number of amides is 1. The molecule has 2 saturated heterocycles. The summed E-state index contributed by atoms with van der Waals surface area (Å²) in [7, 11) is -3.82. The van der Waals surface area contributed by atoms with Gasteiger partial charge in [-0.3, -0.25) is 4.79 Å². The average Bonchev–Trinajstić information content (AvgIpc) is 2.72. The molecule has 2 fully saturated rings. The summed E-state index contributed by atoms with van der Waals surface area (Å²) < 4.78 is 32.7. The Morgan fingerprint density at radius 2 is 1.90 bits per heavy atom. The van der Waals surface area contributed by atoms with Gasteiger partial charge in [0, 0.05) is 25.7 Å². The van der Waals surface area contributed by atoms with Crippen LogP contribution >= 0.6 is 11.6 Å². The molecule has 0 spiro atoms. The van der Waals surface area contributed by atoms with E-state index in [0.29, 0.717) is 19.6 Å². The van der Waals surface area contributed by atoms with E-state index < -0.39 is 16.0 Å². The van der Waals surface area contributed by atoms with Crippen LogP contribution in [0.1, 0.15) is 56.3 Å². The molecule has 7 nitrogen and oxygen atoms in total. The minimum Gasteiger partial charge on any atom is -0.452 e. The van der Waals surface area contributed by atoms with Crippen molar-refractivity contribution < 1.29 is 22.7 Å². The molecule has 2 aliphatic heterocycles. The summed E-state index contributed by atoms with van der Waals surface area (Å²) in [5.74, 6) is -0.712. The summed E-state index contributed by atoms with van der Waals surface area (Å²) in [5, 5.41) is 0.0583. The second-order valence-corrected chi connectivity index (χ2v) is 10.6. The van der Waals surface area contributed by atoms with Gasteiger partial charge in [-0.1, -0.05) is 18.5 Å². The lowest BCUT2D eigenvalue weighted by Gasteiger charge is -2.33. The molecule has 2 aliphatic rings. The Balaban J connectivity index is 1.71. The summed E-state index contributed by atoms with van der Waals surface area (Å²) in [5.41, 5.74) is 0.0579. The third-order valence-corrected chi connectivity index (χ3v) is 8.20. The fraction of sp³-hybridized carbons (Fsp3) is 0.619. The molecule has 3 rings (SSSR count). The molecular formula is C21H29ClN2O5S. The topological polar surface area (TPSA) is 84.0 Å². The van der Waals surface area contributed by atoms with Crippen LogP contribution in [0.4, 0.5) is 0 Å². The molecule has 0 radical (unpaired) electrons. The minimum atomic E-state index is -3.82. The number of benzene rings is 1. The molecule has 1 aromatic rings. The highest BCUT2D eigenvalue weighted by atomic mass is 35.5. The first kappa shape index (κ1) is 23.0. The van der Waals surface area contributed by atoms with Crippen LogP contribution in [0, 0.1) is 5.92 Å². The summed E-state index contributed by atoms with van der Waals surface area (Å²) >= 11 is 6.17.